The monoisotopic (exact) mass is 225 g/mol. The van der Waals surface area contributed by atoms with Crippen LogP contribution >= 0.6 is 0 Å². The second-order valence-corrected chi connectivity index (χ2v) is 3.55. The standard InChI is InChI=1S/C11H15NO4/c1-6-5-8(13)7(2)10(14)9(6)11(15)12(3)16-4/h5,13-14H,1-4H3. The molecule has 0 aliphatic carbocycles. The molecule has 0 spiro atoms. The third-order valence-corrected chi connectivity index (χ3v) is 2.50. The van der Waals surface area contributed by atoms with E-state index in [2.05, 4.69) is 0 Å². The number of phenols is 2. The van der Waals surface area contributed by atoms with E-state index in [0.29, 0.717) is 5.56 Å². The Bertz CT molecular complexity index is 428. The minimum Gasteiger partial charge on any atom is -0.508 e. The van der Waals surface area contributed by atoms with Crippen molar-refractivity contribution < 1.29 is 19.8 Å². The lowest BCUT2D eigenvalue weighted by atomic mass is 10.0. The van der Waals surface area contributed by atoms with Crippen molar-refractivity contribution in [2.45, 2.75) is 13.8 Å². The van der Waals surface area contributed by atoms with Crippen LogP contribution in [0.4, 0.5) is 0 Å². The number of aromatic hydroxyl groups is 2. The summed E-state index contributed by atoms with van der Waals surface area (Å²) < 4.78 is 0. The van der Waals surface area contributed by atoms with Crippen molar-refractivity contribution in [1.82, 2.24) is 5.06 Å². The second-order valence-electron chi connectivity index (χ2n) is 3.55. The Hall–Kier alpha value is -1.75. The van der Waals surface area contributed by atoms with E-state index in [4.69, 9.17) is 4.84 Å². The Morgan fingerprint density at radius 1 is 1.38 bits per heavy atom. The SMILES string of the molecule is CON(C)C(=O)c1c(C)cc(O)c(C)c1O. The van der Waals surface area contributed by atoms with E-state index in [1.807, 2.05) is 0 Å². The summed E-state index contributed by atoms with van der Waals surface area (Å²) in [5.74, 6) is -0.710. The summed E-state index contributed by atoms with van der Waals surface area (Å²) in [4.78, 5) is 16.6. The molecule has 0 heterocycles. The van der Waals surface area contributed by atoms with Crippen LogP contribution in [0, 0.1) is 13.8 Å². The van der Waals surface area contributed by atoms with E-state index in [9.17, 15) is 15.0 Å². The van der Waals surface area contributed by atoms with Gasteiger partial charge in [0.15, 0.2) is 0 Å². The Morgan fingerprint density at radius 3 is 2.44 bits per heavy atom. The molecule has 0 atom stereocenters. The molecule has 0 aliphatic heterocycles. The molecule has 0 saturated carbocycles. The molecule has 0 radical (unpaired) electrons. The molecule has 16 heavy (non-hydrogen) atoms. The summed E-state index contributed by atoms with van der Waals surface area (Å²) in [5.41, 5.74) is 0.910. The predicted molar refractivity (Wildman–Crippen MR) is 58.3 cm³/mol. The molecule has 88 valence electrons. The van der Waals surface area contributed by atoms with Gasteiger partial charge in [-0.25, -0.2) is 5.06 Å². The van der Waals surface area contributed by atoms with Crippen molar-refractivity contribution >= 4 is 5.91 Å². The first-order valence-electron chi connectivity index (χ1n) is 4.74. The van der Waals surface area contributed by atoms with Gasteiger partial charge in [0, 0.05) is 12.6 Å². The summed E-state index contributed by atoms with van der Waals surface area (Å²) in [5, 5.41) is 20.3. The minimum absolute atomic E-state index is 0.0355. The number of phenolic OH excluding ortho intramolecular Hbond substituents is 2. The second kappa shape index (κ2) is 4.40. The molecule has 0 saturated heterocycles. The number of benzene rings is 1. The van der Waals surface area contributed by atoms with E-state index >= 15 is 0 Å². The van der Waals surface area contributed by atoms with Crippen LogP contribution in [0.15, 0.2) is 6.07 Å². The maximum absolute atomic E-state index is 11.8. The molecule has 5 heteroatoms. The van der Waals surface area contributed by atoms with Gasteiger partial charge in [-0.1, -0.05) is 0 Å². The normalized spacial score (nSPS) is 10.2. The fourth-order valence-electron chi connectivity index (χ4n) is 1.39. The molecule has 0 aliphatic rings. The van der Waals surface area contributed by atoms with Gasteiger partial charge >= 0.3 is 0 Å². The molecule has 0 aromatic heterocycles. The third-order valence-electron chi connectivity index (χ3n) is 2.50. The summed E-state index contributed by atoms with van der Waals surface area (Å²) in [7, 11) is 2.81. The Balaban J connectivity index is 3.34. The number of carbonyl (C=O) groups is 1. The van der Waals surface area contributed by atoms with Crippen LogP contribution in [0.25, 0.3) is 0 Å². The molecule has 0 fully saturated rings. The fraction of sp³-hybridized carbons (Fsp3) is 0.364. The molecular weight excluding hydrogens is 210 g/mol. The first-order valence-corrected chi connectivity index (χ1v) is 4.74. The number of amides is 1. The van der Waals surface area contributed by atoms with E-state index < -0.39 is 5.91 Å². The molecule has 1 rings (SSSR count). The highest BCUT2D eigenvalue weighted by Gasteiger charge is 2.21. The molecule has 0 bridgehead atoms. The smallest absolute Gasteiger partial charge is 0.281 e. The van der Waals surface area contributed by atoms with Gasteiger partial charge in [0.05, 0.1) is 12.7 Å². The summed E-state index contributed by atoms with van der Waals surface area (Å²) >= 11 is 0. The van der Waals surface area contributed by atoms with Crippen LogP contribution < -0.4 is 0 Å². The van der Waals surface area contributed by atoms with Gasteiger partial charge in [-0.05, 0) is 25.5 Å². The Labute approximate surface area is 93.8 Å². The average Bonchev–Trinajstić information content (AvgIpc) is 2.24. The largest absolute Gasteiger partial charge is 0.508 e. The highest BCUT2D eigenvalue weighted by molar-refractivity contribution is 5.98. The summed E-state index contributed by atoms with van der Waals surface area (Å²) in [6.45, 7) is 3.17. The van der Waals surface area contributed by atoms with Crippen LogP contribution in [0.1, 0.15) is 21.5 Å². The lowest BCUT2D eigenvalue weighted by Gasteiger charge is -2.17. The predicted octanol–water partition coefficient (Wildman–Crippen LogP) is 1.35. The van der Waals surface area contributed by atoms with Gasteiger partial charge in [-0.15, -0.1) is 0 Å². The van der Waals surface area contributed by atoms with Crippen LogP contribution in [0.3, 0.4) is 0 Å². The van der Waals surface area contributed by atoms with Crippen LogP contribution in [0.2, 0.25) is 0 Å². The molecule has 2 N–H and O–H groups in total. The van der Waals surface area contributed by atoms with Crippen LogP contribution in [0.5, 0.6) is 11.5 Å². The van der Waals surface area contributed by atoms with Crippen molar-refractivity contribution in [3.63, 3.8) is 0 Å². The molecule has 1 aromatic carbocycles. The zero-order valence-corrected chi connectivity index (χ0v) is 9.74. The maximum Gasteiger partial charge on any atom is 0.281 e. The molecular formula is C11H15NO4. The van der Waals surface area contributed by atoms with Gasteiger partial charge < -0.3 is 10.2 Å². The zero-order valence-electron chi connectivity index (χ0n) is 9.74. The van der Waals surface area contributed by atoms with Crippen molar-refractivity contribution in [3.8, 4) is 11.5 Å². The first kappa shape index (κ1) is 12.3. The Morgan fingerprint density at radius 2 is 1.94 bits per heavy atom. The number of hydroxylamine groups is 2. The van der Waals surface area contributed by atoms with Crippen molar-refractivity contribution in [2.24, 2.45) is 0 Å². The number of hydrogen-bond donors (Lipinski definition) is 2. The average molecular weight is 225 g/mol. The fourth-order valence-corrected chi connectivity index (χ4v) is 1.39. The third kappa shape index (κ3) is 1.94. The Kier molecular flexibility index (Phi) is 3.39. The first-order chi connectivity index (χ1) is 7.40. The van der Waals surface area contributed by atoms with Crippen molar-refractivity contribution in [1.29, 1.82) is 0 Å². The minimum atomic E-state index is -0.458. The van der Waals surface area contributed by atoms with Crippen LogP contribution in [-0.4, -0.2) is 35.3 Å². The number of hydrogen-bond acceptors (Lipinski definition) is 4. The molecule has 5 nitrogen and oxygen atoms in total. The van der Waals surface area contributed by atoms with E-state index in [1.54, 1.807) is 6.92 Å². The lowest BCUT2D eigenvalue weighted by molar-refractivity contribution is -0.0758. The quantitative estimate of drug-likeness (QED) is 0.745. The topological polar surface area (TPSA) is 70.0 Å². The van der Waals surface area contributed by atoms with Gasteiger partial charge in [0.1, 0.15) is 11.5 Å². The summed E-state index contributed by atoms with van der Waals surface area (Å²) in [6.07, 6.45) is 0. The number of rotatable bonds is 2. The number of nitrogens with zero attached hydrogens (tertiary/aromatic N) is 1. The molecule has 0 unspecified atom stereocenters. The van der Waals surface area contributed by atoms with Gasteiger partial charge in [-0.2, -0.15) is 0 Å². The van der Waals surface area contributed by atoms with E-state index in [-0.39, 0.29) is 22.6 Å². The van der Waals surface area contributed by atoms with E-state index in [0.717, 1.165) is 5.06 Å². The van der Waals surface area contributed by atoms with Gasteiger partial charge in [0.2, 0.25) is 0 Å². The maximum atomic E-state index is 11.8. The zero-order chi connectivity index (χ0) is 12.5. The highest BCUT2D eigenvalue weighted by Crippen LogP contribution is 2.33. The van der Waals surface area contributed by atoms with Crippen molar-refractivity contribution in [3.05, 3.63) is 22.8 Å². The lowest BCUT2D eigenvalue weighted by Crippen LogP contribution is -2.26. The van der Waals surface area contributed by atoms with Crippen LogP contribution in [-0.2, 0) is 4.84 Å². The highest BCUT2D eigenvalue weighted by atomic mass is 16.7. The van der Waals surface area contributed by atoms with E-state index in [1.165, 1.54) is 27.1 Å². The van der Waals surface area contributed by atoms with Gasteiger partial charge in [-0.3, -0.25) is 9.63 Å². The number of aryl methyl sites for hydroxylation is 1. The number of carbonyl (C=O) groups excluding carboxylic acids is 1. The summed E-state index contributed by atoms with van der Waals surface area (Å²) in [6, 6.07) is 1.44. The van der Waals surface area contributed by atoms with Gasteiger partial charge in [0.25, 0.3) is 5.91 Å². The molecule has 1 aromatic rings. The van der Waals surface area contributed by atoms with Crippen molar-refractivity contribution in [2.75, 3.05) is 14.2 Å². The molecule has 1 amide bonds.